The van der Waals surface area contributed by atoms with Gasteiger partial charge >= 0.3 is 12.1 Å². The molecule has 4 atom stereocenters. The van der Waals surface area contributed by atoms with Gasteiger partial charge in [0, 0.05) is 23.7 Å². The summed E-state index contributed by atoms with van der Waals surface area (Å²) in [6.45, 7) is 7.14. The molecule has 1 aliphatic carbocycles. The molecule has 38 heavy (non-hydrogen) atoms. The normalized spacial score (nSPS) is 24.9. The molecule has 2 aromatic heterocycles. The molecule has 2 aliphatic rings. The summed E-state index contributed by atoms with van der Waals surface area (Å²) in [4.78, 5) is 37.2. The van der Waals surface area contributed by atoms with Crippen molar-refractivity contribution in [2.24, 2.45) is 17.3 Å². The van der Waals surface area contributed by atoms with Crippen LogP contribution >= 0.6 is 0 Å². The van der Waals surface area contributed by atoms with E-state index in [1.54, 1.807) is 24.4 Å². The minimum atomic E-state index is -4.57. The Hall–Kier alpha value is -3.17. The number of anilines is 1. The molecule has 0 bridgehead atoms. The van der Waals surface area contributed by atoms with Gasteiger partial charge in [0.05, 0.1) is 23.3 Å². The van der Waals surface area contributed by atoms with E-state index < -0.39 is 47.2 Å². The summed E-state index contributed by atoms with van der Waals surface area (Å²) in [6.07, 6.45) is 1.19. The number of nitrogens with zero attached hydrogens (tertiary/aromatic N) is 3. The van der Waals surface area contributed by atoms with Gasteiger partial charge in [-0.3, -0.25) is 9.78 Å². The number of carboxylic acids is 1. The minimum Gasteiger partial charge on any atom is -0.480 e. The summed E-state index contributed by atoms with van der Waals surface area (Å²) in [7, 11) is 0. The lowest BCUT2D eigenvalue weighted by molar-refractivity contribution is -0.154. The highest BCUT2D eigenvalue weighted by Gasteiger charge is 2.59. The second kappa shape index (κ2) is 10.5. The average Bonchev–Trinajstić information content (AvgIpc) is 3.19. The van der Waals surface area contributed by atoms with Crippen molar-refractivity contribution in [1.82, 2.24) is 14.9 Å². The number of carboxylic acid groups (broad SMARTS) is 1. The van der Waals surface area contributed by atoms with Crippen molar-refractivity contribution in [1.29, 1.82) is 0 Å². The number of pyridine rings is 2. The van der Waals surface area contributed by atoms with Crippen molar-refractivity contribution in [3.8, 4) is 0 Å². The van der Waals surface area contributed by atoms with Crippen LogP contribution in [0.5, 0.6) is 0 Å². The summed E-state index contributed by atoms with van der Waals surface area (Å²) in [6, 6.07) is 4.36. The third-order valence-electron chi connectivity index (χ3n) is 7.71. The van der Waals surface area contributed by atoms with Crippen LogP contribution < -0.4 is 5.32 Å². The fraction of sp³-hybridized carbons (Fsp3) is 0.571. The Labute approximate surface area is 220 Å². The molecule has 4 unspecified atom stereocenters. The molecule has 2 aromatic rings. The zero-order valence-electron chi connectivity index (χ0n) is 22.1. The zero-order chi connectivity index (χ0) is 27.8. The topological polar surface area (TPSA) is 95.4 Å². The van der Waals surface area contributed by atoms with Crippen molar-refractivity contribution in [2.45, 2.75) is 84.1 Å². The van der Waals surface area contributed by atoms with E-state index in [4.69, 9.17) is 0 Å². The zero-order valence-corrected chi connectivity index (χ0v) is 22.1. The molecule has 0 radical (unpaired) electrons. The van der Waals surface area contributed by atoms with Gasteiger partial charge in [-0.15, -0.1) is 0 Å². The number of halogens is 3. The maximum Gasteiger partial charge on any atom is 0.416 e. The highest BCUT2D eigenvalue weighted by atomic mass is 19.4. The van der Waals surface area contributed by atoms with Crippen LogP contribution in [-0.4, -0.2) is 43.9 Å². The van der Waals surface area contributed by atoms with Gasteiger partial charge in [-0.25, -0.2) is 9.78 Å². The standard InChI is InChI=1S/C28H35F3N4O3/c1-16-14-18(28(29,30)31)15-20(33-16)34-22-21(27(2,3)4)24(26(37)38)35(23(22)19-12-8-9-13-32-19)25(36)17-10-6-5-7-11-17/h8-9,12-15,17,21-24H,5-7,10-11H2,1-4H3,(H,33,34)(H,37,38). The lowest BCUT2D eigenvalue weighted by Gasteiger charge is -2.36. The molecule has 1 saturated heterocycles. The second-order valence-electron chi connectivity index (χ2n) is 11.5. The van der Waals surface area contributed by atoms with Crippen LogP contribution in [0.3, 0.4) is 0 Å². The Morgan fingerprint density at radius 1 is 1.08 bits per heavy atom. The molecular weight excluding hydrogens is 497 g/mol. The lowest BCUT2D eigenvalue weighted by atomic mass is 9.72. The highest BCUT2D eigenvalue weighted by molar-refractivity contribution is 5.87. The fourth-order valence-electron chi connectivity index (χ4n) is 6.15. The van der Waals surface area contributed by atoms with Crippen molar-refractivity contribution >= 4 is 17.7 Å². The number of amides is 1. The van der Waals surface area contributed by atoms with Gasteiger partial charge < -0.3 is 15.3 Å². The monoisotopic (exact) mass is 532 g/mol. The van der Waals surface area contributed by atoms with E-state index in [1.165, 1.54) is 11.8 Å². The van der Waals surface area contributed by atoms with Gasteiger partial charge in [0.1, 0.15) is 11.9 Å². The SMILES string of the molecule is Cc1cc(C(F)(F)F)cc(NC2C(c3ccccn3)N(C(=O)C3CCCCC3)C(C(=O)O)C2C(C)(C)C)n1. The third kappa shape index (κ3) is 5.63. The molecular formula is C28H35F3N4O3. The van der Waals surface area contributed by atoms with Crippen LogP contribution in [0.1, 0.15) is 75.9 Å². The van der Waals surface area contributed by atoms with Crippen LogP contribution in [-0.2, 0) is 15.8 Å². The van der Waals surface area contributed by atoms with E-state index in [0.717, 1.165) is 31.4 Å². The molecule has 2 N–H and O–H groups in total. The molecule has 0 aromatic carbocycles. The molecule has 10 heteroatoms. The van der Waals surface area contributed by atoms with Gasteiger partial charge in [0.15, 0.2) is 0 Å². The Kier molecular flexibility index (Phi) is 7.72. The molecule has 1 saturated carbocycles. The second-order valence-corrected chi connectivity index (χ2v) is 11.5. The molecule has 1 aliphatic heterocycles. The Morgan fingerprint density at radius 3 is 2.32 bits per heavy atom. The Morgan fingerprint density at radius 2 is 1.76 bits per heavy atom. The van der Waals surface area contributed by atoms with Crippen LogP contribution in [0.4, 0.5) is 19.0 Å². The molecule has 7 nitrogen and oxygen atoms in total. The number of hydrogen-bond acceptors (Lipinski definition) is 5. The largest absolute Gasteiger partial charge is 0.480 e. The smallest absolute Gasteiger partial charge is 0.416 e. The number of aromatic nitrogens is 2. The number of alkyl halides is 3. The van der Waals surface area contributed by atoms with E-state index in [2.05, 4.69) is 15.3 Å². The predicted molar refractivity (Wildman–Crippen MR) is 136 cm³/mol. The van der Waals surface area contributed by atoms with Crippen LogP contribution in [0.25, 0.3) is 0 Å². The summed E-state index contributed by atoms with van der Waals surface area (Å²) in [5.41, 5.74) is -0.827. The number of hydrogen-bond donors (Lipinski definition) is 2. The van der Waals surface area contributed by atoms with Crippen LogP contribution in [0.2, 0.25) is 0 Å². The van der Waals surface area contributed by atoms with Gasteiger partial charge in [-0.2, -0.15) is 13.2 Å². The van der Waals surface area contributed by atoms with Gasteiger partial charge in [0.2, 0.25) is 5.91 Å². The van der Waals surface area contributed by atoms with E-state index in [9.17, 15) is 27.9 Å². The molecule has 2 fully saturated rings. The van der Waals surface area contributed by atoms with E-state index in [0.29, 0.717) is 18.5 Å². The first kappa shape index (κ1) is 27.9. The fourth-order valence-corrected chi connectivity index (χ4v) is 6.15. The first-order valence-corrected chi connectivity index (χ1v) is 13.1. The third-order valence-corrected chi connectivity index (χ3v) is 7.71. The summed E-state index contributed by atoms with van der Waals surface area (Å²) >= 11 is 0. The van der Waals surface area contributed by atoms with E-state index >= 15 is 0 Å². The maximum absolute atomic E-state index is 14.1. The first-order valence-electron chi connectivity index (χ1n) is 13.1. The number of nitrogens with one attached hydrogen (secondary N) is 1. The molecule has 3 heterocycles. The van der Waals surface area contributed by atoms with Gasteiger partial charge in [-0.05, 0) is 49.4 Å². The minimum absolute atomic E-state index is 0.0198. The van der Waals surface area contributed by atoms with E-state index in [1.807, 2.05) is 20.8 Å². The number of carbonyl (C=O) groups is 2. The Bertz CT molecular complexity index is 1160. The number of aliphatic carboxylic acids is 1. The molecule has 0 spiro atoms. The van der Waals surface area contributed by atoms with Crippen molar-refractivity contribution in [2.75, 3.05) is 5.32 Å². The average molecular weight is 533 g/mol. The summed E-state index contributed by atoms with van der Waals surface area (Å²) in [5, 5.41) is 13.7. The van der Waals surface area contributed by atoms with Crippen LogP contribution in [0, 0.1) is 24.2 Å². The molecule has 1 amide bonds. The summed E-state index contributed by atoms with van der Waals surface area (Å²) < 4.78 is 40.8. The number of likely N-dealkylation sites (tertiary alicyclic amines) is 1. The highest BCUT2D eigenvalue weighted by Crippen LogP contribution is 2.50. The van der Waals surface area contributed by atoms with E-state index in [-0.39, 0.29) is 23.3 Å². The number of aryl methyl sites for hydroxylation is 1. The summed E-state index contributed by atoms with van der Waals surface area (Å²) in [5.74, 6) is -2.36. The van der Waals surface area contributed by atoms with Crippen molar-refractivity contribution in [3.63, 3.8) is 0 Å². The van der Waals surface area contributed by atoms with Gasteiger partial charge in [-0.1, -0.05) is 46.1 Å². The van der Waals surface area contributed by atoms with Gasteiger partial charge in [0.25, 0.3) is 0 Å². The first-order chi connectivity index (χ1) is 17.8. The number of carbonyl (C=O) groups excluding carboxylic acids is 1. The predicted octanol–water partition coefficient (Wildman–Crippen LogP) is 5.86. The number of rotatable bonds is 5. The molecule has 4 rings (SSSR count). The maximum atomic E-state index is 14.1. The Balaban J connectivity index is 1.88. The van der Waals surface area contributed by atoms with Crippen molar-refractivity contribution < 1.29 is 27.9 Å². The van der Waals surface area contributed by atoms with Crippen molar-refractivity contribution in [3.05, 3.63) is 53.5 Å². The quantitative estimate of drug-likeness (QED) is 0.501. The van der Waals surface area contributed by atoms with Crippen LogP contribution in [0.15, 0.2) is 36.5 Å². The lowest BCUT2D eigenvalue weighted by Crippen LogP contribution is -2.49. The molecule has 206 valence electrons.